The van der Waals surface area contributed by atoms with Crippen molar-refractivity contribution in [2.24, 2.45) is 5.50 Å². The van der Waals surface area contributed by atoms with E-state index in [-0.39, 0.29) is 0 Å². The lowest BCUT2D eigenvalue weighted by molar-refractivity contribution is 0.297. The third-order valence-corrected chi connectivity index (χ3v) is 2.69. The molecule has 1 unspecified atom stereocenters. The van der Waals surface area contributed by atoms with Gasteiger partial charge in [0.2, 0.25) is 0 Å². The Morgan fingerprint density at radius 1 is 1.20 bits per heavy atom. The average molecular weight is 164 g/mol. The highest BCUT2D eigenvalue weighted by Gasteiger charge is 2.18. The lowest BCUT2D eigenvalue weighted by Crippen LogP contribution is -2.34. The normalized spacial score (nSPS) is 15.3. The summed E-state index contributed by atoms with van der Waals surface area (Å²) in [5.74, 6) is 0. The van der Waals surface area contributed by atoms with Gasteiger partial charge in [-0.05, 0) is 27.7 Å². The molecule has 0 bridgehead atoms. The maximum absolute atomic E-state index is 9.12. The van der Waals surface area contributed by atoms with Crippen LogP contribution in [-0.2, 0) is 0 Å². The van der Waals surface area contributed by atoms with Crippen molar-refractivity contribution in [1.82, 2.24) is 4.67 Å². The lowest BCUT2D eigenvalue weighted by atomic mass is 10.3. The van der Waals surface area contributed by atoms with Crippen LogP contribution in [0, 0.1) is 0 Å². The molecule has 10 heavy (non-hydrogen) atoms. The van der Waals surface area contributed by atoms with Gasteiger partial charge in [0.1, 0.15) is 0 Å². The van der Waals surface area contributed by atoms with Gasteiger partial charge in [0.05, 0.1) is 0 Å². The van der Waals surface area contributed by atoms with E-state index in [2.05, 4.69) is 0 Å². The summed E-state index contributed by atoms with van der Waals surface area (Å²) < 4.78 is 1.90. The van der Waals surface area contributed by atoms with E-state index >= 15 is 0 Å². The molecule has 0 spiro atoms. The highest BCUT2D eigenvalue weighted by atomic mass is 31.2. The summed E-state index contributed by atoms with van der Waals surface area (Å²) in [6, 6.07) is 0.641. The second kappa shape index (κ2) is 4.24. The van der Waals surface area contributed by atoms with E-state index < -0.39 is 8.45 Å². The van der Waals surface area contributed by atoms with Gasteiger partial charge < -0.3 is 4.89 Å². The molecule has 4 heteroatoms. The molecule has 0 aromatic heterocycles. The van der Waals surface area contributed by atoms with Crippen molar-refractivity contribution < 1.29 is 4.89 Å². The zero-order valence-electron chi connectivity index (χ0n) is 7.07. The molecule has 1 atom stereocenters. The zero-order chi connectivity index (χ0) is 8.31. The Labute approximate surface area is 64.2 Å². The third-order valence-electron chi connectivity index (χ3n) is 1.29. The van der Waals surface area contributed by atoms with E-state index in [0.29, 0.717) is 12.1 Å². The molecule has 0 aliphatic carbocycles. The van der Waals surface area contributed by atoms with Crippen molar-refractivity contribution in [3.05, 3.63) is 0 Å². The SMILES string of the molecule is CC(C)N(C(C)C)P(N)O. The number of hydrogen-bond donors (Lipinski definition) is 2. The van der Waals surface area contributed by atoms with E-state index in [1.807, 2.05) is 32.4 Å². The summed E-state index contributed by atoms with van der Waals surface area (Å²) in [5, 5.41) is 0. The molecule has 3 nitrogen and oxygen atoms in total. The smallest absolute Gasteiger partial charge is 0.179 e. The van der Waals surface area contributed by atoms with Crippen LogP contribution in [0.15, 0.2) is 0 Å². The average Bonchev–Trinajstić information content (AvgIpc) is 1.59. The van der Waals surface area contributed by atoms with Crippen LogP contribution in [0.2, 0.25) is 0 Å². The quantitative estimate of drug-likeness (QED) is 0.618. The van der Waals surface area contributed by atoms with Crippen LogP contribution in [0.1, 0.15) is 27.7 Å². The van der Waals surface area contributed by atoms with Gasteiger partial charge in [0, 0.05) is 12.1 Å². The van der Waals surface area contributed by atoms with Gasteiger partial charge in [-0.3, -0.25) is 5.50 Å². The van der Waals surface area contributed by atoms with E-state index in [1.54, 1.807) is 0 Å². The van der Waals surface area contributed by atoms with Gasteiger partial charge >= 0.3 is 0 Å². The number of hydrogen-bond acceptors (Lipinski definition) is 3. The highest BCUT2D eigenvalue weighted by molar-refractivity contribution is 7.46. The van der Waals surface area contributed by atoms with E-state index in [1.165, 1.54) is 0 Å². The molecule has 0 fully saturated rings. The molecule has 3 N–H and O–H groups in total. The summed E-state index contributed by atoms with van der Waals surface area (Å²) in [6.07, 6.45) is 0. The first-order valence-electron chi connectivity index (χ1n) is 3.48. The molecule has 0 rings (SSSR count). The summed E-state index contributed by atoms with van der Waals surface area (Å²) >= 11 is 0. The number of nitrogens with zero attached hydrogens (tertiary/aromatic N) is 1. The van der Waals surface area contributed by atoms with Crippen LogP contribution >= 0.6 is 8.45 Å². The second-order valence-corrected chi connectivity index (χ2v) is 3.99. The van der Waals surface area contributed by atoms with E-state index in [9.17, 15) is 0 Å². The molecule has 0 saturated heterocycles. The van der Waals surface area contributed by atoms with Gasteiger partial charge in [-0.2, -0.15) is 0 Å². The Balaban J connectivity index is 3.98. The van der Waals surface area contributed by atoms with Crippen molar-refractivity contribution in [3.8, 4) is 0 Å². The Bertz CT molecular complexity index is 76.7. The molecule has 0 aliphatic heterocycles. The van der Waals surface area contributed by atoms with Gasteiger partial charge in [-0.1, -0.05) is 0 Å². The van der Waals surface area contributed by atoms with Crippen molar-refractivity contribution in [2.75, 3.05) is 0 Å². The van der Waals surface area contributed by atoms with Crippen LogP contribution in [0.25, 0.3) is 0 Å². The molecule has 0 saturated carbocycles. The first kappa shape index (κ1) is 10.3. The Morgan fingerprint density at radius 3 is 1.50 bits per heavy atom. The van der Waals surface area contributed by atoms with Gasteiger partial charge in [-0.25, -0.2) is 4.67 Å². The molecule has 62 valence electrons. The molecule has 0 heterocycles. The molecule has 0 amide bonds. The Kier molecular flexibility index (Phi) is 4.37. The van der Waals surface area contributed by atoms with Gasteiger partial charge in [0.25, 0.3) is 0 Å². The Morgan fingerprint density at radius 2 is 1.50 bits per heavy atom. The van der Waals surface area contributed by atoms with Crippen molar-refractivity contribution >= 4 is 8.45 Å². The first-order chi connectivity index (χ1) is 4.46. The van der Waals surface area contributed by atoms with Crippen molar-refractivity contribution in [3.63, 3.8) is 0 Å². The predicted molar refractivity (Wildman–Crippen MR) is 45.4 cm³/mol. The monoisotopic (exact) mass is 164 g/mol. The summed E-state index contributed by atoms with van der Waals surface area (Å²) in [4.78, 5) is 9.12. The molecule has 0 radical (unpaired) electrons. The summed E-state index contributed by atoms with van der Waals surface area (Å²) in [7, 11) is -1.41. The molecule has 0 aromatic rings. The molecular formula is C6H17N2OP. The second-order valence-electron chi connectivity index (χ2n) is 2.89. The Hall–Kier alpha value is 0.310. The first-order valence-corrected chi connectivity index (χ1v) is 4.80. The minimum atomic E-state index is -1.41. The fourth-order valence-corrected chi connectivity index (χ4v) is 2.02. The van der Waals surface area contributed by atoms with Crippen LogP contribution in [-0.4, -0.2) is 21.6 Å². The van der Waals surface area contributed by atoms with Crippen LogP contribution in [0.3, 0.4) is 0 Å². The van der Waals surface area contributed by atoms with Gasteiger partial charge in [-0.15, -0.1) is 0 Å². The highest BCUT2D eigenvalue weighted by Crippen LogP contribution is 2.30. The number of nitrogens with two attached hydrogens (primary N) is 1. The lowest BCUT2D eigenvalue weighted by Gasteiger charge is -2.31. The maximum Gasteiger partial charge on any atom is 0.179 e. The van der Waals surface area contributed by atoms with E-state index in [4.69, 9.17) is 10.4 Å². The fourth-order valence-electron chi connectivity index (χ4n) is 1.07. The number of rotatable bonds is 3. The molecule has 0 aromatic carbocycles. The minimum Gasteiger partial charge on any atom is -0.347 e. The maximum atomic E-state index is 9.12. The van der Waals surface area contributed by atoms with Crippen LogP contribution in [0.5, 0.6) is 0 Å². The van der Waals surface area contributed by atoms with Crippen LogP contribution in [0.4, 0.5) is 0 Å². The standard InChI is InChI=1S/C6H17N2OP/c1-5(2)8(6(3)4)10(7)9/h5-6,9H,7H2,1-4H3. The topological polar surface area (TPSA) is 49.5 Å². The van der Waals surface area contributed by atoms with Crippen LogP contribution < -0.4 is 5.50 Å². The molecule has 0 aliphatic rings. The largest absolute Gasteiger partial charge is 0.347 e. The van der Waals surface area contributed by atoms with Crippen molar-refractivity contribution in [2.45, 2.75) is 39.8 Å². The predicted octanol–water partition coefficient (Wildman–Crippen LogP) is 1.28. The van der Waals surface area contributed by atoms with E-state index in [0.717, 1.165) is 0 Å². The van der Waals surface area contributed by atoms with Crippen molar-refractivity contribution in [1.29, 1.82) is 0 Å². The van der Waals surface area contributed by atoms with Gasteiger partial charge in [0.15, 0.2) is 8.45 Å². The summed E-state index contributed by atoms with van der Waals surface area (Å²) in [6.45, 7) is 8.10. The minimum absolute atomic E-state index is 0.320. The third kappa shape index (κ3) is 2.93. The fraction of sp³-hybridized carbons (Fsp3) is 1.00. The summed E-state index contributed by atoms with van der Waals surface area (Å²) in [5.41, 5.74) is 5.38. The zero-order valence-corrected chi connectivity index (χ0v) is 7.97. The molecular weight excluding hydrogens is 147 g/mol.